The van der Waals surface area contributed by atoms with E-state index in [1.807, 2.05) is 0 Å². The zero-order chi connectivity index (χ0) is 17.3. The average Bonchev–Trinajstić information content (AvgIpc) is 2.54. The van der Waals surface area contributed by atoms with Crippen molar-refractivity contribution in [2.24, 2.45) is 5.73 Å². The Morgan fingerprint density at radius 3 is 2.00 bits per heavy atom. The molecule has 2 aliphatic rings. The summed E-state index contributed by atoms with van der Waals surface area (Å²) in [4.78, 5) is 0. The van der Waals surface area contributed by atoms with Crippen molar-refractivity contribution in [1.29, 1.82) is 0 Å². The highest BCUT2D eigenvalue weighted by Crippen LogP contribution is 2.24. The van der Waals surface area contributed by atoms with E-state index in [0.29, 0.717) is 0 Å². The van der Waals surface area contributed by atoms with Gasteiger partial charge in [-0.3, -0.25) is 0 Å². The Balaban J connectivity index is 1.94. The molecule has 10 atom stereocenters. The molecule has 0 spiro atoms. The van der Waals surface area contributed by atoms with Crippen molar-refractivity contribution in [1.82, 2.24) is 0 Å². The Kier molecular flexibility index (Phi) is 6.27. The Bertz CT molecular complexity index is 385. The van der Waals surface area contributed by atoms with E-state index in [2.05, 4.69) is 0 Å². The van der Waals surface area contributed by atoms with Crippen LogP contribution >= 0.6 is 0 Å². The minimum Gasteiger partial charge on any atom is -0.394 e. The quantitative estimate of drug-likeness (QED) is 0.243. The molecular weight excluding hydrogens is 318 g/mol. The molecule has 0 aromatic heterocycles. The molecule has 11 nitrogen and oxygen atoms in total. The van der Waals surface area contributed by atoms with E-state index >= 15 is 0 Å². The van der Waals surface area contributed by atoms with Gasteiger partial charge in [-0.1, -0.05) is 0 Å². The predicted molar refractivity (Wildman–Crippen MR) is 70.6 cm³/mol. The first kappa shape index (κ1) is 18.9. The van der Waals surface area contributed by atoms with Gasteiger partial charge in [0.05, 0.1) is 19.3 Å². The van der Waals surface area contributed by atoms with Crippen molar-refractivity contribution >= 4 is 0 Å². The fourth-order valence-corrected chi connectivity index (χ4v) is 2.50. The predicted octanol–water partition coefficient (Wildman–Crippen LogP) is -5.43. The molecule has 23 heavy (non-hydrogen) atoms. The van der Waals surface area contributed by atoms with Gasteiger partial charge in [-0.2, -0.15) is 0 Å². The summed E-state index contributed by atoms with van der Waals surface area (Å²) in [7, 11) is 0. The van der Waals surface area contributed by atoms with E-state index < -0.39 is 74.6 Å². The van der Waals surface area contributed by atoms with E-state index in [1.165, 1.54) is 0 Å². The van der Waals surface area contributed by atoms with Crippen molar-refractivity contribution in [3.05, 3.63) is 0 Å². The molecule has 11 heteroatoms. The van der Waals surface area contributed by atoms with Crippen LogP contribution in [0.3, 0.4) is 0 Å². The Hall–Kier alpha value is -0.440. The first-order chi connectivity index (χ1) is 10.8. The van der Waals surface area contributed by atoms with Gasteiger partial charge in [0.15, 0.2) is 12.6 Å². The molecule has 2 rings (SSSR count). The molecule has 0 aromatic rings. The fourth-order valence-electron chi connectivity index (χ4n) is 2.50. The lowest BCUT2D eigenvalue weighted by Crippen LogP contribution is -2.63. The molecule has 0 radical (unpaired) electrons. The molecule has 0 unspecified atom stereocenters. The van der Waals surface area contributed by atoms with E-state index in [0.717, 1.165) is 0 Å². The van der Waals surface area contributed by atoms with Gasteiger partial charge >= 0.3 is 0 Å². The number of aliphatic hydroxyl groups is 7. The van der Waals surface area contributed by atoms with Crippen LogP contribution in [-0.4, -0.2) is 110 Å². The maximum atomic E-state index is 9.83. The minimum atomic E-state index is -1.61. The second-order valence-corrected chi connectivity index (χ2v) is 5.65. The summed E-state index contributed by atoms with van der Waals surface area (Å²) < 4.78 is 15.3. The van der Waals surface area contributed by atoms with Crippen LogP contribution in [0.2, 0.25) is 0 Å². The number of ether oxygens (including phenoxy) is 3. The molecule has 2 fully saturated rings. The summed E-state index contributed by atoms with van der Waals surface area (Å²) >= 11 is 0. The van der Waals surface area contributed by atoms with Gasteiger partial charge in [0.1, 0.15) is 42.7 Å². The largest absolute Gasteiger partial charge is 0.394 e. The van der Waals surface area contributed by atoms with Crippen LogP contribution < -0.4 is 5.73 Å². The molecule has 9 N–H and O–H groups in total. The van der Waals surface area contributed by atoms with Crippen molar-refractivity contribution < 1.29 is 50.0 Å². The zero-order valence-corrected chi connectivity index (χ0v) is 12.1. The molecular formula is C12H23NO10. The smallest absolute Gasteiger partial charge is 0.186 e. The molecule has 0 bridgehead atoms. The van der Waals surface area contributed by atoms with Crippen LogP contribution in [0.15, 0.2) is 0 Å². The SMILES string of the molecule is N[C@@H]1[C@@H](O)[C@H](O)[C@@H](CO[C@H]2O[C@H](CO)[C@@H](O)[C@H](O)[C@@H]2O)O[C@@H]1O. The highest BCUT2D eigenvalue weighted by Gasteiger charge is 2.46. The second-order valence-electron chi connectivity index (χ2n) is 5.65. The van der Waals surface area contributed by atoms with Gasteiger partial charge in [0.2, 0.25) is 0 Å². The summed E-state index contributed by atoms with van der Waals surface area (Å²) in [5.41, 5.74) is 5.43. The summed E-state index contributed by atoms with van der Waals surface area (Å²) in [6, 6.07) is -1.19. The van der Waals surface area contributed by atoms with E-state index in [9.17, 15) is 30.6 Å². The molecule has 2 heterocycles. The Morgan fingerprint density at radius 2 is 1.39 bits per heavy atom. The standard InChI is InChI=1S/C12H23NO10/c13-5-8(17)7(16)4(22-11(5)20)2-21-12-10(19)9(18)6(15)3(1-14)23-12/h3-12,14-20H,1-2,13H2/t3-,4-,5-,6-,7-,8-,9+,10+,11+,12+/m1/s1. The lowest BCUT2D eigenvalue weighted by Gasteiger charge is -2.42. The molecule has 0 amide bonds. The molecule has 2 aliphatic heterocycles. The maximum absolute atomic E-state index is 9.83. The highest BCUT2D eigenvalue weighted by molar-refractivity contribution is 4.92. The highest BCUT2D eigenvalue weighted by atomic mass is 16.7. The molecule has 2 saturated heterocycles. The van der Waals surface area contributed by atoms with Crippen molar-refractivity contribution in [2.45, 2.75) is 61.3 Å². The van der Waals surface area contributed by atoms with Gasteiger partial charge < -0.3 is 55.7 Å². The summed E-state index contributed by atoms with van der Waals surface area (Å²) in [6.45, 7) is -1.02. The van der Waals surface area contributed by atoms with Crippen LogP contribution in [-0.2, 0) is 14.2 Å². The second kappa shape index (κ2) is 7.63. The summed E-state index contributed by atoms with van der Waals surface area (Å²) in [5, 5.41) is 67.2. The van der Waals surface area contributed by atoms with Crippen LogP contribution in [0, 0.1) is 0 Å². The number of aliphatic hydroxyl groups excluding tert-OH is 7. The lowest BCUT2D eigenvalue weighted by molar-refractivity contribution is -0.317. The van der Waals surface area contributed by atoms with E-state index in [-0.39, 0.29) is 0 Å². The van der Waals surface area contributed by atoms with Gasteiger partial charge in [-0.15, -0.1) is 0 Å². The molecule has 136 valence electrons. The van der Waals surface area contributed by atoms with Crippen molar-refractivity contribution in [3.63, 3.8) is 0 Å². The monoisotopic (exact) mass is 341 g/mol. The Labute approximate surface area is 131 Å². The molecule has 0 aromatic carbocycles. The summed E-state index contributed by atoms with van der Waals surface area (Å²) in [5.74, 6) is 0. The van der Waals surface area contributed by atoms with Crippen LogP contribution in [0.25, 0.3) is 0 Å². The first-order valence-electron chi connectivity index (χ1n) is 7.15. The third-order valence-electron chi connectivity index (χ3n) is 4.04. The van der Waals surface area contributed by atoms with Gasteiger partial charge in [0.25, 0.3) is 0 Å². The Morgan fingerprint density at radius 1 is 0.783 bits per heavy atom. The minimum absolute atomic E-state index is 0.412. The topological polar surface area (TPSA) is 195 Å². The number of hydrogen-bond donors (Lipinski definition) is 8. The zero-order valence-electron chi connectivity index (χ0n) is 12.1. The number of rotatable bonds is 4. The lowest BCUT2D eigenvalue weighted by atomic mass is 9.97. The van der Waals surface area contributed by atoms with Crippen LogP contribution in [0.5, 0.6) is 0 Å². The van der Waals surface area contributed by atoms with Gasteiger partial charge in [-0.25, -0.2) is 0 Å². The number of nitrogens with two attached hydrogens (primary N) is 1. The number of hydrogen-bond acceptors (Lipinski definition) is 11. The van der Waals surface area contributed by atoms with Gasteiger partial charge in [-0.05, 0) is 0 Å². The van der Waals surface area contributed by atoms with Crippen molar-refractivity contribution in [3.8, 4) is 0 Å². The normalized spacial score (nSPS) is 51.7. The van der Waals surface area contributed by atoms with E-state index in [4.69, 9.17) is 25.1 Å². The van der Waals surface area contributed by atoms with Crippen molar-refractivity contribution in [2.75, 3.05) is 13.2 Å². The van der Waals surface area contributed by atoms with Gasteiger partial charge in [0, 0.05) is 0 Å². The van der Waals surface area contributed by atoms with E-state index in [1.54, 1.807) is 0 Å². The summed E-state index contributed by atoms with van der Waals surface area (Å²) in [6.07, 6.45) is -12.8. The third-order valence-corrected chi connectivity index (χ3v) is 4.04. The fraction of sp³-hybridized carbons (Fsp3) is 1.00. The van der Waals surface area contributed by atoms with Crippen LogP contribution in [0.4, 0.5) is 0 Å². The maximum Gasteiger partial charge on any atom is 0.186 e. The molecule has 0 aliphatic carbocycles. The first-order valence-corrected chi connectivity index (χ1v) is 7.15. The average molecular weight is 341 g/mol. The van der Waals surface area contributed by atoms with Crippen LogP contribution in [0.1, 0.15) is 0 Å². The third kappa shape index (κ3) is 3.81. The molecule has 0 saturated carbocycles.